The van der Waals surface area contributed by atoms with Gasteiger partial charge in [0.05, 0.1) is 18.0 Å². The number of carbonyl (C=O) groups is 1. The van der Waals surface area contributed by atoms with Gasteiger partial charge in [-0.2, -0.15) is 0 Å². The number of piperidine rings is 3. The molecule has 2 bridgehead atoms. The first-order valence-corrected chi connectivity index (χ1v) is 15.2. The van der Waals surface area contributed by atoms with Gasteiger partial charge in [0.2, 0.25) is 12.8 Å². The van der Waals surface area contributed by atoms with Crippen LogP contribution in [0.1, 0.15) is 39.9 Å². The van der Waals surface area contributed by atoms with Gasteiger partial charge in [-0.1, -0.05) is 29.8 Å². The van der Waals surface area contributed by atoms with Gasteiger partial charge < -0.3 is 19.9 Å². The van der Waals surface area contributed by atoms with E-state index < -0.39 is 6.86 Å². The largest absolute Gasteiger partial charge is 0.462 e. The van der Waals surface area contributed by atoms with Crippen LogP contribution in [0.4, 0.5) is 16.0 Å². The highest BCUT2D eigenvalue weighted by molar-refractivity contribution is 6.31. The average Bonchev–Trinajstić information content (AvgIpc) is 3.21. The number of amides is 1. The summed E-state index contributed by atoms with van der Waals surface area (Å²) in [5.74, 6) is 1.44. The van der Waals surface area contributed by atoms with Gasteiger partial charge in [-0.3, -0.25) is 9.79 Å². The summed E-state index contributed by atoms with van der Waals surface area (Å²) in [6, 6.07) is 20.5. The minimum Gasteiger partial charge on any atom is -0.462 e. The van der Waals surface area contributed by atoms with E-state index in [1.54, 1.807) is 18.3 Å². The van der Waals surface area contributed by atoms with Crippen molar-refractivity contribution in [3.63, 3.8) is 0 Å². The van der Waals surface area contributed by atoms with Gasteiger partial charge in [-0.25, -0.2) is 14.4 Å². The normalized spacial score (nSPS) is 20.2. The molecule has 1 atom stereocenters. The molecule has 44 heavy (non-hydrogen) atoms. The lowest BCUT2D eigenvalue weighted by Crippen LogP contribution is -2.57. The number of nitrogens with zero attached hydrogens (tertiary/aromatic N) is 5. The van der Waals surface area contributed by atoms with E-state index in [-0.39, 0.29) is 11.9 Å². The van der Waals surface area contributed by atoms with Crippen LogP contribution < -0.4 is 10.1 Å². The first-order valence-electron chi connectivity index (χ1n) is 14.8. The van der Waals surface area contributed by atoms with Crippen molar-refractivity contribution in [3.8, 4) is 17.0 Å². The molecule has 0 aliphatic carbocycles. The Bertz CT molecular complexity index is 1740. The third-order valence-electron chi connectivity index (χ3n) is 8.94. The van der Waals surface area contributed by atoms with Crippen molar-refractivity contribution in [2.75, 3.05) is 38.9 Å². The quantitative estimate of drug-likeness (QED) is 0.262. The van der Waals surface area contributed by atoms with Gasteiger partial charge in [0.15, 0.2) is 0 Å². The molecule has 4 aliphatic rings. The number of hydrogen-bond acceptors (Lipinski definition) is 7. The number of benzene rings is 3. The lowest BCUT2D eigenvalue weighted by molar-refractivity contribution is 0.0162. The lowest BCUT2D eigenvalue weighted by Gasteiger charge is -2.48. The lowest BCUT2D eigenvalue weighted by atomic mass is 9.83. The van der Waals surface area contributed by atoms with Crippen LogP contribution in [0.3, 0.4) is 0 Å². The van der Waals surface area contributed by atoms with Gasteiger partial charge in [-0.15, -0.1) is 0 Å². The van der Waals surface area contributed by atoms with Crippen LogP contribution in [0.15, 0.2) is 77.9 Å². The minimum atomic E-state index is -0.945. The Morgan fingerprint density at radius 1 is 1.07 bits per heavy atom. The maximum atomic E-state index is 13.3. The summed E-state index contributed by atoms with van der Waals surface area (Å²) < 4.78 is 18.5. The van der Waals surface area contributed by atoms with Crippen LogP contribution in [0.2, 0.25) is 5.02 Å². The second-order valence-corrected chi connectivity index (χ2v) is 11.9. The predicted octanol–water partition coefficient (Wildman–Crippen LogP) is 6.36. The summed E-state index contributed by atoms with van der Waals surface area (Å²) >= 11 is 6.44. The SMILES string of the molecule is CN(C(=O)c1ccc(Nc2ncc3c(n2)-c2ccc(Cl)cc2C(c2ccccc2OCF)=NC3)cc1)C1CN2CCC1CC2. The van der Waals surface area contributed by atoms with Crippen LogP contribution in [-0.2, 0) is 6.54 Å². The van der Waals surface area contributed by atoms with Gasteiger partial charge in [0, 0.05) is 64.4 Å². The van der Waals surface area contributed by atoms with E-state index in [4.69, 9.17) is 26.3 Å². The van der Waals surface area contributed by atoms with E-state index >= 15 is 0 Å². The van der Waals surface area contributed by atoms with E-state index in [0.29, 0.717) is 46.0 Å². The monoisotopic (exact) mass is 610 g/mol. The zero-order chi connectivity index (χ0) is 30.2. The number of aliphatic imine (C=N–C) groups is 1. The van der Waals surface area contributed by atoms with Crippen LogP contribution in [0.25, 0.3) is 11.3 Å². The van der Waals surface area contributed by atoms with Crippen LogP contribution in [-0.4, -0.2) is 71.0 Å². The topological polar surface area (TPSA) is 83.0 Å². The Labute approximate surface area is 260 Å². The van der Waals surface area contributed by atoms with Gasteiger partial charge in [0.1, 0.15) is 5.75 Å². The maximum absolute atomic E-state index is 13.3. The third-order valence-corrected chi connectivity index (χ3v) is 9.18. The predicted molar refractivity (Wildman–Crippen MR) is 170 cm³/mol. The molecule has 10 heteroatoms. The van der Waals surface area contributed by atoms with Crippen molar-refractivity contribution in [2.45, 2.75) is 25.4 Å². The maximum Gasteiger partial charge on any atom is 0.253 e. The molecule has 4 aromatic rings. The molecule has 1 N–H and O–H groups in total. The molecule has 1 aromatic heterocycles. The Balaban J connectivity index is 1.14. The molecule has 3 aromatic carbocycles. The van der Waals surface area contributed by atoms with Crippen molar-refractivity contribution in [3.05, 3.63) is 100 Å². The fourth-order valence-electron chi connectivity index (χ4n) is 6.61. The first kappa shape index (κ1) is 28.4. The molecule has 224 valence electrons. The smallest absolute Gasteiger partial charge is 0.253 e. The minimum absolute atomic E-state index is 0.0427. The Morgan fingerprint density at radius 2 is 1.86 bits per heavy atom. The summed E-state index contributed by atoms with van der Waals surface area (Å²) in [6.45, 7) is 2.63. The summed E-state index contributed by atoms with van der Waals surface area (Å²) in [7, 11) is 1.93. The number of aromatic nitrogens is 2. The number of hydrogen-bond donors (Lipinski definition) is 1. The second-order valence-electron chi connectivity index (χ2n) is 11.5. The van der Waals surface area contributed by atoms with Crippen LogP contribution in [0.5, 0.6) is 5.75 Å². The number of alkyl halides is 1. The summed E-state index contributed by atoms with van der Waals surface area (Å²) in [5, 5.41) is 3.83. The molecule has 8 nitrogen and oxygen atoms in total. The van der Waals surface area contributed by atoms with Gasteiger partial charge in [0.25, 0.3) is 5.91 Å². The van der Waals surface area contributed by atoms with Crippen molar-refractivity contribution >= 4 is 34.9 Å². The molecule has 5 heterocycles. The summed E-state index contributed by atoms with van der Waals surface area (Å²) in [4.78, 5) is 32.0. The molecule has 0 saturated carbocycles. The standard InChI is InChI=1S/C34H32ClFN6O2/c1-41(29-19-42-14-12-21(29)13-15-42)33(43)22-6-9-25(10-7-22)39-34-38-18-23-17-37-32(27-4-2-3-5-30(27)44-20-36)28-16-24(35)8-11-26(28)31(23)40-34/h2-11,16,18,21,29H,12-15,17,19-20H2,1H3,(H,38,39,40). The zero-order valence-electron chi connectivity index (χ0n) is 24.3. The van der Waals surface area contributed by atoms with Gasteiger partial charge in [-0.05, 0) is 80.4 Å². The molecular formula is C34H32ClFN6O2. The van der Waals surface area contributed by atoms with Crippen LogP contribution >= 0.6 is 11.6 Å². The average molecular weight is 611 g/mol. The van der Waals surface area contributed by atoms with Crippen LogP contribution in [0, 0.1) is 5.92 Å². The number of para-hydroxylation sites is 1. The van der Waals surface area contributed by atoms with Gasteiger partial charge >= 0.3 is 0 Å². The van der Waals surface area contributed by atoms with Crippen molar-refractivity contribution in [1.82, 2.24) is 19.8 Å². The number of anilines is 2. The molecule has 0 radical (unpaired) electrons. The van der Waals surface area contributed by atoms with E-state index in [1.165, 1.54) is 0 Å². The third kappa shape index (κ3) is 5.42. The van der Waals surface area contributed by atoms with E-state index in [0.717, 1.165) is 60.5 Å². The number of nitrogens with one attached hydrogen (secondary N) is 1. The number of fused-ring (bicyclic) bond motifs is 6. The highest BCUT2D eigenvalue weighted by atomic mass is 35.5. The molecule has 3 fully saturated rings. The molecule has 1 unspecified atom stereocenters. The Hall–Kier alpha value is -4.34. The van der Waals surface area contributed by atoms with E-state index in [9.17, 15) is 9.18 Å². The van der Waals surface area contributed by atoms with E-state index in [1.807, 2.05) is 66.5 Å². The van der Waals surface area contributed by atoms with E-state index in [2.05, 4.69) is 15.2 Å². The first-order chi connectivity index (χ1) is 21.5. The summed E-state index contributed by atoms with van der Waals surface area (Å²) in [5.41, 5.74) is 5.90. The molecule has 4 aliphatic heterocycles. The zero-order valence-corrected chi connectivity index (χ0v) is 25.1. The van der Waals surface area contributed by atoms with Crippen molar-refractivity contribution in [1.29, 1.82) is 0 Å². The second kappa shape index (κ2) is 12.0. The summed E-state index contributed by atoms with van der Waals surface area (Å²) in [6.07, 6.45) is 4.09. The molecule has 8 rings (SSSR count). The fraction of sp³-hybridized carbons (Fsp3) is 0.294. The molecule has 0 spiro atoms. The number of halogens is 2. The number of ether oxygens (including phenoxy) is 1. The number of rotatable bonds is 7. The molecule has 3 saturated heterocycles. The number of likely N-dealkylation sites (N-methyl/N-ethyl adjacent to an activating group) is 1. The Morgan fingerprint density at radius 3 is 2.61 bits per heavy atom. The Kier molecular flexibility index (Phi) is 7.74. The van der Waals surface area contributed by atoms with Crippen molar-refractivity contribution in [2.24, 2.45) is 10.9 Å². The molecule has 1 amide bonds. The number of carbonyl (C=O) groups excluding carboxylic acids is 1. The highest BCUT2D eigenvalue weighted by Gasteiger charge is 2.38. The molecular weight excluding hydrogens is 579 g/mol. The van der Waals surface area contributed by atoms with Crippen molar-refractivity contribution < 1.29 is 13.9 Å². The fourth-order valence-corrected chi connectivity index (χ4v) is 6.79. The highest BCUT2D eigenvalue weighted by Crippen LogP contribution is 2.36.